The third-order valence-corrected chi connectivity index (χ3v) is 7.21. The Bertz CT molecular complexity index is 1470. The zero-order valence-corrected chi connectivity index (χ0v) is 21.7. The summed E-state index contributed by atoms with van der Waals surface area (Å²) in [5, 5.41) is 82.0. The Kier molecular flexibility index (Phi) is 7.99. The third kappa shape index (κ3) is 5.16. The van der Waals surface area contributed by atoms with E-state index in [4.69, 9.17) is 28.1 Å². The van der Waals surface area contributed by atoms with Gasteiger partial charge in [0.2, 0.25) is 11.7 Å². The van der Waals surface area contributed by atoms with E-state index >= 15 is 0 Å². The van der Waals surface area contributed by atoms with Gasteiger partial charge in [0.1, 0.15) is 76.2 Å². The second-order valence-electron chi connectivity index (χ2n) is 9.88. The van der Waals surface area contributed by atoms with Crippen molar-refractivity contribution in [1.82, 2.24) is 0 Å². The lowest BCUT2D eigenvalue weighted by Crippen LogP contribution is -2.61. The number of methoxy groups -OCH3 is 1. The van der Waals surface area contributed by atoms with Crippen LogP contribution in [0, 0.1) is 0 Å². The molecule has 10 atom stereocenters. The molecule has 0 aliphatic carbocycles. The van der Waals surface area contributed by atoms with Gasteiger partial charge in [-0.1, -0.05) is 0 Å². The van der Waals surface area contributed by atoms with E-state index in [2.05, 4.69) is 0 Å². The Morgan fingerprint density at radius 2 is 1.49 bits per heavy atom. The van der Waals surface area contributed by atoms with Gasteiger partial charge < -0.3 is 69.0 Å². The molecule has 8 N–H and O–H groups in total. The lowest BCUT2D eigenvalue weighted by molar-refractivity contribution is -0.318. The molecule has 15 heteroatoms. The van der Waals surface area contributed by atoms with Gasteiger partial charge >= 0.3 is 0 Å². The largest absolute Gasteiger partial charge is 0.507 e. The minimum Gasteiger partial charge on any atom is -0.507 e. The number of hydrogen-bond donors (Lipinski definition) is 8. The van der Waals surface area contributed by atoms with Gasteiger partial charge in [0.25, 0.3) is 0 Å². The number of benzene rings is 2. The predicted octanol–water partition coefficient (Wildman–Crippen LogP) is -1.60. The minimum atomic E-state index is -1.82. The summed E-state index contributed by atoms with van der Waals surface area (Å²) in [6.07, 6.45) is -15.3. The van der Waals surface area contributed by atoms with Crippen molar-refractivity contribution in [1.29, 1.82) is 0 Å². The lowest BCUT2D eigenvalue weighted by Gasteiger charge is -2.42. The monoisotopic (exact) mass is 582 g/mol. The average Bonchev–Trinajstić information content (AvgIpc) is 2.94. The zero-order chi connectivity index (χ0) is 29.7. The minimum absolute atomic E-state index is 0.00175. The van der Waals surface area contributed by atoms with E-state index in [1.807, 2.05) is 0 Å². The van der Waals surface area contributed by atoms with Crippen molar-refractivity contribution in [2.75, 3.05) is 13.7 Å². The number of fused-ring (bicyclic) bond motifs is 2. The highest BCUT2D eigenvalue weighted by molar-refractivity contribution is 5.97. The van der Waals surface area contributed by atoms with Crippen LogP contribution in [0.4, 0.5) is 0 Å². The first-order chi connectivity index (χ1) is 19.4. The second kappa shape index (κ2) is 11.2. The fourth-order valence-electron chi connectivity index (χ4n) is 4.82. The molecular formula is C26H30O15. The molecule has 2 aliphatic rings. The molecule has 0 unspecified atom stereocenters. The van der Waals surface area contributed by atoms with Crippen LogP contribution in [0.5, 0.6) is 23.0 Å². The summed E-state index contributed by atoms with van der Waals surface area (Å²) >= 11 is 0. The summed E-state index contributed by atoms with van der Waals surface area (Å²) in [5.74, 6) is -1.29. The highest BCUT2D eigenvalue weighted by Crippen LogP contribution is 2.38. The summed E-state index contributed by atoms with van der Waals surface area (Å²) in [4.78, 5) is 13.2. The van der Waals surface area contributed by atoms with Crippen molar-refractivity contribution in [3.63, 3.8) is 0 Å². The molecular weight excluding hydrogens is 552 g/mol. The van der Waals surface area contributed by atoms with Crippen LogP contribution in [0.1, 0.15) is 6.92 Å². The maximum Gasteiger partial charge on any atom is 0.229 e. The van der Waals surface area contributed by atoms with Gasteiger partial charge in [-0.3, -0.25) is 4.79 Å². The van der Waals surface area contributed by atoms with E-state index in [1.54, 1.807) is 0 Å². The van der Waals surface area contributed by atoms with Crippen LogP contribution in [0.25, 0.3) is 21.9 Å². The van der Waals surface area contributed by atoms with E-state index in [0.29, 0.717) is 0 Å². The Labute approximate surface area is 230 Å². The van der Waals surface area contributed by atoms with Crippen molar-refractivity contribution in [3.05, 3.63) is 34.5 Å². The van der Waals surface area contributed by atoms with Crippen LogP contribution in [-0.2, 0) is 14.2 Å². The molecule has 0 bridgehead atoms. The number of rotatable bonds is 6. The Morgan fingerprint density at radius 1 is 0.805 bits per heavy atom. The normalized spacial score (nSPS) is 34.1. The molecule has 1 aromatic heterocycles. The summed E-state index contributed by atoms with van der Waals surface area (Å²) in [6, 6.07) is 5.10. The van der Waals surface area contributed by atoms with Crippen LogP contribution in [0.2, 0.25) is 0 Å². The molecule has 41 heavy (non-hydrogen) atoms. The highest BCUT2D eigenvalue weighted by Gasteiger charge is 2.47. The van der Waals surface area contributed by atoms with Crippen LogP contribution in [0.15, 0.2) is 33.5 Å². The van der Waals surface area contributed by atoms with Crippen LogP contribution in [0.3, 0.4) is 0 Å². The van der Waals surface area contributed by atoms with Crippen molar-refractivity contribution < 1.29 is 69.0 Å². The molecule has 2 aliphatic heterocycles. The SMILES string of the molecule is COc1cc(O)c2c(=O)c3c(O)c(O[C@@H]4O[C@H](CO[C@@H]5O[C@@H](C)[C@H](O)[C@@H](O)[C@H]5O)[C@@H](O)[C@H](O)[C@H]4O)ccc3oc2c1. The van der Waals surface area contributed by atoms with Gasteiger partial charge in [0, 0.05) is 12.1 Å². The van der Waals surface area contributed by atoms with E-state index in [9.17, 15) is 45.6 Å². The van der Waals surface area contributed by atoms with Gasteiger partial charge in [-0.05, 0) is 19.1 Å². The molecule has 5 rings (SSSR count). The van der Waals surface area contributed by atoms with E-state index in [0.717, 1.165) is 0 Å². The summed E-state index contributed by atoms with van der Waals surface area (Å²) in [6.45, 7) is 0.924. The maximum atomic E-state index is 13.2. The van der Waals surface area contributed by atoms with Crippen molar-refractivity contribution in [3.8, 4) is 23.0 Å². The summed E-state index contributed by atoms with van der Waals surface area (Å²) in [5.41, 5.74) is -0.843. The fourth-order valence-corrected chi connectivity index (χ4v) is 4.82. The summed E-state index contributed by atoms with van der Waals surface area (Å²) in [7, 11) is 1.37. The van der Waals surface area contributed by atoms with E-state index < -0.39 is 84.9 Å². The molecule has 3 aromatic rings. The fraction of sp³-hybridized carbons (Fsp3) is 0.500. The van der Waals surface area contributed by atoms with Crippen LogP contribution < -0.4 is 14.9 Å². The molecule has 0 spiro atoms. The van der Waals surface area contributed by atoms with E-state index in [1.165, 1.54) is 38.3 Å². The number of aliphatic hydroxyl groups excluding tert-OH is 6. The topological polar surface area (TPSA) is 238 Å². The van der Waals surface area contributed by atoms with Crippen molar-refractivity contribution in [2.45, 2.75) is 68.3 Å². The second-order valence-corrected chi connectivity index (χ2v) is 9.88. The molecule has 0 radical (unpaired) electrons. The molecule has 2 saturated heterocycles. The predicted molar refractivity (Wildman–Crippen MR) is 135 cm³/mol. The quantitative estimate of drug-likeness (QED) is 0.153. The Morgan fingerprint density at radius 3 is 2.20 bits per heavy atom. The average molecular weight is 583 g/mol. The van der Waals surface area contributed by atoms with Gasteiger partial charge in [-0.2, -0.15) is 0 Å². The smallest absolute Gasteiger partial charge is 0.229 e. The van der Waals surface area contributed by atoms with Gasteiger partial charge in [-0.15, -0.1) is 0 Å². The zero-order valence-electron chi connectivity index (χ0n) is 21.7. The van der Waals surface area contributed by atoms with Crippen molar-refractivity contribution in [2.24, 2.45) is 0 Å². The lowest BCUT2D eigenvalue weighted by atomic mass is 9.98. The first-order valence-electron chi connectivity index (χ1n) is 12.6. The van der Waals surface area contributed by atoms with Crippen LogP contribution >= 0.6 is 0 Å². The number of ether oxygens (including phenoxy) is 5. The summed E-state index contributed by atoms with van der Waals surface area (Å²) < 4.78 is 32.7. The highest BCUT2D eigenvalue weighted by atomic mass is 16.7. The van der Waals surface area contributed by atoms with Gasteiger partial charge in [-0.25, -0.2) is 0 Å². The number of aliphatic hydroxyl groups is 6. The van der Waals surface area contributed by atoms with Gasteiger partial charge in [0.05, 0.1) is 19.8 Å². The first-order valence-corrected chi connectivity index (χ1v) is 12.6. The Balaban J connectivity index is 1.39. The Hall–Kier alpha value is -3.25. The molecule has 0 amide bonds. The maximum absolute atomic E-state index is 13.2. The molecule has 2 aromatic carbocycles. The number of hydrogen-bond acceptors (Lipinski definition) is 15. The first kappa shape index (κ1) is 29.2. The van der Waals surface area contributed by atoms with E-state index in [-0.39, 0.29) is 33.4 Å². The van der Waals surface area contributed by atoms with Crippen molar-refractivity contribution >= 4 is 21.9 Å². The number of aromatic hydroxyl groups is 2. The third-order valence-electron chi connectivity index (χ3n) is 7.21. The molecule has 3 heterocycles. The molecule has 0 saturated carbocycles. The molecule has 15 nitrogen and oxygen atoms in total. The van der Waals surface area contributed by atoms with Gasteiger partial charge in [0.15, 0.2) is 17.8 Å². The molecule has 224 valence electrons. The molecule has 2 fully saturated rings. The standard InChI is InChI=1S/C26H30O15/c1-8-17(28)21(32)23(34)25(38-8)37-7-14-19(30)22(33)24(35)26(41-14)40-12-4-3-11-16(18(12)29)20(31)15-10(27)5-9(36-2)6-13(15)39-11/h3-6,8,14,17,19,21-30,32-35H,7H2,1-2H3/t8-,14+,17-,19+,21+,22-,23+,24+,25+,26+/m0/s1. The van der Waals surface area contributed by atoms with Crippen LogP contribution in [-0.4, -0.2) is 116 Å². The number of phenols is 2. The number of phenolic OH excluding ortho intramolecular Hbond substituents is 2.